The number of para-hydroxylation sites is 2. The molecule has 0 saturated carbocycles. The van der Waals surface area contributed by atoms with E-state index in [-0.39, 0.29) is 18.0 Å². The summed E-state index contributed by atoms with van der Waals surface area (Å²) < 4.78 is 7.12. The van der Waals surface area contributed by atoms with E-state index in [1.54, 1.807) is 31.5 Å². The molecule has 4 rings (SSSR count). The van der Waals surface area contributed by atoms with Crippen LogP contribution < -0.4 is 15.4 Å². The molecule has 0 aliphatic carbocycles. The number of ether oxygens (including phenoxy) is 1. The summed E-state index contributed by atoms with van der Waals surface area (Å²) in [6.45, 7) is 3.37. The van der Waals surface area contributed by atoms with Crippen molar-refractivity contribution in [3.63, 3.8) is 0 Å². The number of carbonyl (C=O) groups excluding carboxylic acids is 2. The minimum atomic E-state index is -0.369. The highest BCUT2D eigenvalue weighted by molar-refractivity contribution is 6.00. The van der Waals surface area contributed by atoms with Crippen LogP contribution in [0.25, 0.3) is 0 Å². The minimum Gasteiger partial charge on any atom is -0.495 e. The third-order valence-electron chi connectivity index (χ3n) is 5.87. The van der Waals surface area contributed by atoms with Gasteiger partial charge in [0, 0.05) is 19.2 Å². The third-order valence-corrected chi connectivity index (χ3v) is 5.87. The Hall–Kier alpha value is -3.81. The molecule has 1 aliphatic rings. The van der Waals surface area contributed by atoms with Crippen LogP contribution in [-0.4, -0.2) is 46.8 Å². The van der Waals surface area contributed by atoms with Crippen molar-refractivity contribution < 1.29 is 14.3 Å². The van der Waals surface area contributed by atoms with Gasteiger partial charge in [0.05, 0.1) is 31.5 Å². The second kappa shape index (κ2) is 10.2. The second-order valence-corrected chi connectivity index (χ2v) is 8.22. The van der Waals surface area contributed by atoms with Gasteiger partial charge in [-0.25, -0.2) is 9.48 Å². The van der Waals surface area contributed by atoms with Crippen LogP contribution in [0.15, 0.2) is 60.8 Å². The standard InChI is InChI=1S/C25H29N5O3/c1-18-6-5-7-19(16-18)17-24(31)29-14-11-20(12-15-29)30-23(10-13-26-30)28-25(32)27-21-8-3-4-9-22(21)33-2/h3-10,13,16,20H,11-12,14-15,17H2,1-2H3,(H2,27,28,32). The summed E-state index contributed by atoms with van der Waals surface area (Å²) in [6.07, 6.45) is 3.66. The second-order valence-electron chi connectivity index (χ2n) is 8.22. The van der Waals surface area contributed by atoms with Gasteiger partial charge in [-0.05, 0) is 37.5 Å². The molecule has 8 nitrogen and oxygen atoms in total. The van der Waals surface area contributed by atoms with Gasteiger partial charge in [0.15, 0.2) is 0 Å². The van der Waals surface area contributed by atoms with E-state index >= 15 is 0 Å². The van der Waals surface area contributed by atoms with Crippen LogP contribution in [0.5, 0.6) is 5.75 Å². The first kappa shape index (κ1) is 22.4. The van der Waals surface area contributed by atoms with Crippen molar-refractivity contribution in [1.82, 2.24) is 14.7 Å². The van der Waals surface area contributed by atoms with Crippen molar-refractivity contribution in [3.05, 3.63) is 71.9 Å². The van der Waals surface area contributed by atoms with Gasteiger partial charge >= 0.3 is 6.03 Å². The van der Waals surface area contributed by atoms with Gasteiger partial charge in [-0.1, -0.05) is 42.0 Å². The molecule has 0 bridgehead atoms. The van der Waals surface area contributed by atoms with Gasteiger partial charge in [0.25, 0.3) is 0 Å². The Morgan fingerprint density at radius 3 is 2.61 bits per heavy atom. The van der Waals surface area contributed by atoms with Gasteiger partial charge < -0.3 is 15.0 Å². The Kier molecular flexibility index (Phi) is 6.92. The summed E-state index contributed by atoms with van der Waals surface area (Å²) in [5, 5.41) is 10.1. The van der Waals surface area contributed by atoms with Crippen molar-refractivity contribution in [1.29, 1.82) is 0 Å². The topological polar surface area (TPSA) is 88.5 Å². The summed E-state index contributed by atoms with van der Waals surface area (Å²) in [6, 6.07) is 16.8. The number of methoxy groups -OCH3 is 1. The predicted octanol–water partition coefficient (Wildman–Crippen LogP) is 4.25. The van der Waals surface area contributed by atoms with Crippen LogP contribution in [0, 0.1) is 6.92 Å². The number of hydrogen-bond acceptors (Lipinski definition) is 4. The maximum Gasteiger partial charge on any atom is 0.324 e. The summed E-state index contributed by atoms with van der Waals surface area (Å²) >= 11 is 0. The van der Waals surface area contributed by atoms with Gasteiger partial charge in [-0.15, -0.1) is 0 Å². The molecule has 1 fully saturated rings. The molecule has 3 amide bonds. The SMILES string of the molecule is COc1ccccc1NC(=O)Nc1ccnn1C1CCN(C(=O)Cc2cccc(C)c2)CC1. The highest BCUT2D eigenvalue weighted by Gasteiger charge is 2.26. The lowest BCUT2D eigenvalue weighted by molar-refractivity contribution is -0.131. The molecule has 8 heteroatoms. The number of nitrogens with one attached hydrogen (secondary N) is 2. The molecule has 2 heterocycles. The number of carbonyl (C=O) groups is 2. The lowest BCUT2D eigenvalue weighted by Gasteiger charge is -2.33. The van der Waals surface area contributed by atoms with Crippen molar-refractivity contribution in [2.45, 2.75) is 32.2 Å². The van der Waals surface area contributed by atoms with Crippen LogP contribution in [0.4, 0.5) is 16.3 Å². The molecule has 3 aromatic rings. The molecule has 0 radical (unpaired) electrons. The molecular formula is C25H29N5O3. The minimum absolute atomic E-state index is 0.115. The number of aryl methyl sites for hydroxylation is 1. The molecule has 0 atom stereocenters. The fourth-order valence-electron chi connectivity index (χ4n) is 4.19. The van der Waals surface area contributed by atoms with Crippen molar-refractivity contribution in [2.75, 3.05) is 30.8 Å². The van der Waals surface area contributed by atoms with Crippen molar-refractivity contribution >= 4 is 23.4 Å². The normalized spacial score (nSPS) is 14.1. The van der Waals surface area contributed by atoms with Gasteiger partial charge in [-0.3, -0.25) is 10.1 Å². The molecule has 0 unspecified atom stereocenters. The first-order valence-electron chi connectivity index (χ1n) is 11.1. The molecule has 33 heavy (non-hydrogen) atoms. The fraction of sp³-hybridized carbons (Fsp3) is 0.320. The smallest absolute Gasteiger partial charge is 0.324 e. The monoisotopic (exact) mass is 447 g/mol. The summed E-state index contributed by atoms with van der Waals surface area (Å²) in [5.41, 5.74) is 2.79. The maximum atomic E-state index is 12.7. The first-order chi connectivity index (χ1) is 16.0. The highest BCUT2D eigenvalue weighted by atomic mass is 16.5. The Labute approximate surface area is 193 Å². The summed E-state index contributed by atoms with van der Waals surface area (Å²) in [4.78, 5) is 27.2. The van der Waals surface area contributed by atoms with Gasteiger partial charge in [0.1, 0.15) is 11.6 Å². The van der Waals surface area contributed by atoms with Crippen molar-refractivity contribution in [3.8, 4) is 5.75 Å². The lowest BCUT2D eigenvalue weighted by Crippen LogP contribution is -2.40. The number of benzene rings is 2. The number of rotatable bonds is 6. The van der Waals surface area contributed by atoms with Crippen molar-refractivity contribution in [2.24, 2.45) is 0 Å². The van der Waals surface area contributed by atoms with E-state index in [0.29, 0.717) is 36.8 Å². The zero-order valence-corrected chi connectivity index (χ0v) is 19.0. The summed E-state index contributed by atoms with van der Waals surface area (Å²) in [7, 11) is 1.56. The zero-order chi connectivity index (χ0) is 23.2. The molecule has 2 aromatic carbocycles. The largest absolute Gasteiger partial charge is 0.495 e. The first-order valence-corrected chi connectivity index (χ1v) is 11.1. The molecule has 1 aromatic heterocycles. The van der Waals surface area contributed by atoms with Gasteiger partial charge in [-0.2, -0.15) is 5.10 Å². The number of hydrogen-bond donors (Lipinski definition) is 2. The molecule has 1 aliphatic heterocycles. The predicted molar refractivity (Wildman–Crippen MR) is 128 cm³/mol. The quantitative estimate of drug-likeness (QED) is 0.591. The number of anilines is 2. The van der Waals surface area contributed by atoms with Crippen LogP contribution in [-0.2, 0) is 11.2 Å². The van der Waals surface area contributed by atoms with Gasteiger partial charge in [0.2, 0.25) is 5.91 Å². The van der Waals surface area contributed by atoms with E-state index in [1.165, 1.54) is 0 Å². The van der Waals surface area contributed by atoms with Crippen LogP contribution in [0.2, 0.25) is 0 Å². The average Bonchev–Trinajstić information content (AvgIpc) is 3.27. The maximum absolute atomic E-state index is 12.7. The van der Waals surface area contributed by atoms with Crippen LogP contribution in [0.1, 0.15) is 30.0 Å². The van der Waals surface area contributed by atoms with E-state index in [2.05, 4.69) is 21.8 Å². The Bertz CT molecular complexity index is 1120. The summed E-state index contributed by atoms with van der Waals surface area (Å²) in [5.74, 6) is 1.35. The Morgan fingerprint density at radius 1 is 1.06 bits per heavy atom. The number of likely N-dealkylation sites (tertiary alicyclic amines) is 1. The number of aromatic nitrogens is 2. The zero-order valence-electron chi connectivity index (χ0n) is 19.0. The molecule has 0 spiro atoms. The molecule has 2 N–H and O–H groups in total. The number of urea groups is 1. The van der Waals surface area contributed by atoms with E-state index in [1.807, 2.05) is 46.8 Å². The average molecular weight is 448 g/mol. The fourth-order valence-corrected chi connectivity index (χ4v) is 4.19. The van der Waals surface area contributed by atoms with E-state index in [4.69, 9.17) is 4.74 Å². The Morgan fingerprint density at radius 2 is 1.85 bits per heavy atom. The van der Waals surface area contributed by atoms with E-state index in [0.717, 1.165) is 24.0 Å². The number of piperidine rings is 1. The molecule has 172 valence electrons. The van der Waals surface area contributed by atoms with Crippen LogP contribution in [0.3, 0.4) is 0 Å². The number of amides is 3. The Balaban J connectivity index is 1.33. The van der Waals surface area contributed by atoms with Crippen LogP contribution >= 0.6 is 0 Å². The highest BCUT2D eigenvalue weighted by Crippen LogP contribution is 2.27. The third kappa shape index (κ3) is 5.52. The van der Waals surface area contributed by atoms with E-state index < -0.39 is 0 Å². The number of nitrogens with zero attached hydrogens (tertiary/aromatic N) is 3. The lowest BCUT2D eigenvalue weighted by atomic mass is 10.0. The van der Waals surface area contributed by atoms with E-state index in [9.17, 15) is 9.59 Å². The molecular weight excluding hydrogens is 418 g/mol. The molecule has 1 saturated heterocycles.